The number of hydrogen-bond acceptors (Lipinski definition) is 5. The lowest BCUT2D eigenvalue weighted by Gasteiger charge is -2.18. The Morgan fingerprint density at radius 3 is 2.43 bits per heavy atom. The van der Waals surface area contributed by atoms with Crippen LogP contribution in [0.25, 0.3) is 0 Å². The lowest BCUT2D eigenvalue weighted by molar-refractivity contribution is -0.388. The van der Waals surface area contributed by atoms with E-state index < -0.39 is 4.92 Å². The van der Waals surface area contributed by atoms with Crippen molar-refractivity contribution in [2.45, 2.75) is 13.8 Å². The average molecular weight is 317 g/mol. The Hall–Kier alpha value is -2.90. The van der Waals surface area contributed by atoms with Crippen molar-refractivity contribution in [3.8, 4) is 0 Å². The van der Waals surface area contributed by atoms with E-state index in [1.54, 1.807) is 36.2 Å². The van der Waals surface area contributed by atoms with E-state index in [1.165, 1.54) is 10.9 Å². The Morgan fingerprint density at radius 2 is 1.91 bits per heavy atom. The van der Waals surface area contributed by atoms with E-state index in [4.69, 9.17) is 0 Å². The second kappa shape index (κ2) is 6.91. The van der Waals surface area contributed by atoms with Crippen LogP contribution in [0.5, 0.6) is 0 Å². The second-order valence-electron chi connectivity index (χ2n) is 4.96. The molecule has 2 aromatic rings. The number of aryl methyl sites for hydroxylation is 1. The molecule has 0 aliphatic heterocycles. The van der Waals surface area contributed by atoms with Gasteiger partial charge in [0.1, 0.15) is 0 Å². The zero-order valence-electron chi connectivity index (χ0n) is 13.3. The van der Waals surface area contributed by atoms with E-state index >= 15 is 0 Å². The van der Waals surface area contributed by atoms with E-state index in [1.807, 2.05) is 13.8 Å². The molecular formula is C15H19N5O3. The summed E-state index contributed by atoms with van der Waals surface area (Å²) in [6.07, 6.45) is 1.37. The van der Waals surface area contributed by atoms with Crippen LogP contribution in [-0.2, 0) is 7.05 Å². The van der Waals surface area contributed by atoms with E-state index in [2.05, 4.69) is 10.3 Å². The summed E-state index contributed by atoms with van der Waals surface area (Å²) < 4.78 is 1.53. The highest BCUT2D eigenvalue weighted by molar-refractivity contribution is 5.94. The number of nitro groups is 1. The lowest BCUT2D eigenvalue weighted by Crippen LogP contribution is -2.30. The molecule has 0 aliphatic carbocycles. The molecule has 1 N–H and O–H groups in total. The van der Waals surface area contributed by atoms with Gasteiger partial charge in [0.2, 0.25) is 12.1 Å². The zero-order chi connectivity index (χ0) is 17.0. The third kappa shape index (κ3) is 3.47. The topological polar surface area (TPSA) is 93.3 Å². The average Bonchev–Trinajstić information content (AvgIpc) is 2.90. The van der Waals surface area contributed by atoms with Gasteiger partial charge in [0.25, 0.3) is 5.91 Å². The van der Waals surface area contributed by atoms with Crippen molar-refractivity contribution in [1.29, 1.82) is 0 Å². The first kappa shape index (κ1) is 16.5. The SMILES string of the molecule is CCN(CC)C(=O)c1ccc(Nc2c([N+](=O)[O-])ncn2C)cc1. The number of hydrogen-bond donors (Lipinski definition) is 1. The molecule has 122 valence electrons. The third-order valence-corrected chi connectivity index (χ3v) is 3.54. The highest BCUT2D eigenvalue weighted by Crippen LogP contribution is 2.25. The Kier molecular flexibility index (Phi) is 4.95. The van der Waals surface area contributed by atoms with Gasteiger partial charge in [0.05, 0.1) is 0 Å². The minimum Gasteiger partial charge on any atom is -0.358 e. The summed E-state index contributed by atoms with van der Waals surface area (Å²) in [6.45, 7) is 5.16. The van der Waals surface area contributed by atoms with E-state index in [9.17, 15) is 14.9 Å². The number of rotatable bonds is 6. The summed E-state index contributed by atoms with van der Waals surface area (Å²) in [5, 5.41) is 13.9. The normalized spacial score (nSPS) is 10.4. The second-order valence-corrected chi connectivity index (χ2v) is 4.96. The zero-order valence-corrected chi connectivity index (χ0v) is 13.3. The van der Waals surface area contributed by atoms with Crippen LogP contribution in [0.2, 0.25) is 0 Å². The van der Waals surface area contributed by atoms with Gasteiger partial charge in [-0.25, -0.2) is 0 Å². The van der Waals surface area contributed by atoms with Gasteiger partial charge in [0.15, 0.2) is 0 Å². The van der Waals surface area contributed by atoms with Gasteiger partial charge in [-0.15, -0.1) is 0 Å². The van der Waals surface area contributed by atoms with Gasteiger partial charge in [0, 0.05) is 31.4 Å². The molecule has 1 aromatic heterocycles. The van der Waals surface area contributed by atoms with Gasteiger partial charge in [-0.1, -0.05) is 0 Å². The van der Waals surface area contributed by atoms with Crippen molar-refractivity contribution in [2.75, 3.05) is 18.4 Å². The molecule has 1 amide bonds. The van der Waals surface area contributed by atoms with Crippen LogP contribution in [-0.4, -0.2) is 38.4 Å². The van der Waals surface area contributed by atoms with Crippen LogP contribution in [0.15, 0.2) is 30.6 Å². The first-order chi connectivity index (χ1) is 11.0. The molecule has 0 fully saturated rings. The number of nitrogens with one attached hydrogen (secondary N) is 1. The molecule has 8 nitrogen and oxygen atoms in total. The van der Waals surface area contributed by atoms with Crippen LogP contribution in [0, 0.1) is 10.1 Å². The minimum absolute atomic E-state index is 0.0342. The summed E-state index contributed by atoms with van der Waals surface area (Å²) in [7, 11) is 1.67. The highest BCUT2D eigenvalue weighted by Gasteiger charge is 2.20. The summed E-state index contributed by atoms with van der Waals surface area (Å²) >= 11 is 0. The molecule has 0 saturated carbocycles. The maximum absolute atomic E-state index is 12.2. The molecule has 0 atom stereocenters. The fourth-order valence-corrected chi connectivity index (χ4v) is 2.22. The van der Waals surface area contributed by atoms with Gasteiger partial charge in [-0.2, -0.15) is 0 Å². The molecule has 0 spiro atoms. The van der Waals surface area contributed by atoms with Crippen LogP contribution in [0.4, 0.5) is 17.3 Å². The Morgan fingerprint density at radius 1 is 1.30 bits per heavy atom. The van der Waals surface area contributed by atoms with Crippen molar-refractivity contribution in [2.24, 2.45) is 7.05 Å². The Balaban J connectivity index is 2.20. The molecule has 0 aliphatic rings. The summed E-state index contributed by atoms with van der Waals surface area (Å²) in [5.41, 5.74) is 1.23. The van der Waals surface area contributed by atoms with Crippen LogP contribution < -0.4 is 5.32 Å². The lowest BCUT2D eigenvalue weighted by atomic mass is 10.2. The van der Waals surface area contributed by atoms with E-state index in [-0.39, 0.29) is 17.5 Å². The fraction of sp³-hybridized carbons (Fsp3) is 0.333. The first-order valence-corrected chi connectivity index (χ1v) is 7.30. The molecular weight excluding hydrogens is 298 g/mol. The van der Waals surface area contributed by atoms with Gasteiger partial charge in [-0.3, -0.25) is 9.36 Å². The Labute approximate surface area is 133 Å². The van der Waals surface area contributed by atoms with Crippen LogP contribution in [0.3, 0.4) is 0 Å². The molecule has 8 heteroatoms. The van der Waals surface area contributed by atoms with Gasteiger partial charge in [-0.05, 0) is 48.0 Å². The Bertz CT molecular complexity index is 704. The van der Waals surface area contributed by atoms with Crippen molar-refractivity contribution in [3.63, 3.8) is 0 Å². The van der Waals surface area contributed by atoms with Crippen molar-refractivity contribution >= 4 is 23.2 Å². The van der Waals surface area contributed by atoms with E-state index in [0.29, 0.717) is 24.3 Å². The number of benzene rings is 1. The first-order valence-electron chi connectivity index (χ1n) is 7.30. The third-order valence-electron chi connectivity index (χ3n) is 3.54. The highest BCUT2D eigenvalue weighted by atomic mass is 16.6. The maximum atomic E-state index is 12.2. The number of imidazole rings is 1. The quantitative estimate of drug-likeness (QED) is 0.653. The molecule has 23 heavy (non-hydrogen) atoms. The largest absolute Gasteiger partial charge is 0.406 e. The van der Waals surface area contributed by atoms with Gasteiger partial charge < -0.3 is 20.3 Å². The summed E-state index contributed by atoms with van der Waals surface area (Å²) in [6, 6.07) is 6.83. The number of nitrogens with zero attached hydrogens (tertiary/aromatic N) is 4. The van der Waals surface area contributed by atoms with Crippen molar-refractivity contribution < 1.29 is 9.72 Å². The number of carbonyl (C=O) groups excluding carboxylic acids is 1. The molecule has 0 unspecified atom stereocenters. The smallest absolute Gasteiger partial charge is 0.358 e. The molecule has 0 saturated heterocycles. The number of carbonyl (C=O) groups is 1. The maximum Gasteiger partial charge on any atom is 0.406 e. The van der Waals surface area contributed by atoms with Crippen molar-refractivity contribution in [1.82, 2.24) is 14.5 Å². The van der Waals surface area contributed by atoms with E-state index in [0.717, 1.165) is 0 Å². The van der Waals surface area contributed by atoms with Crippen molar-refractivity contribution in [3.05, 3.63) is 46.3 Å². The summed E-state index contributed by atoms with van der Waals surface area (Å²) in [4.78, 5) is 28.1. The molecule has 0 radical (unpaired) electrons. The van der Waals surface area contributed by atoms with Crippen LogP contribution >= 0.6 is 0 Å². The molecule has 1 heterocycles. The predicted octanol–water partition coefficient (Wildman–Crippen LogP) is 2.55. The number of aromatic nitrogens is 2. The molecule has 0 bridgehead atoms. The number of amides is 1. The predicted molar refractivity (Wildman–Crippen MR) is 86.8 cm³/mol. The molecule has 2 rings (SSSR count). The fourth-order valence-electron chi connectivity index (χ4n) is 2.22. The number of anilines is 2. The standard InChI is InChI=1S/C15H19N5O3/c1-4-19(5-2)15(21)11-6-8-12(9-7-11)17-14-13(20(22)23)16-10-18(14)3/h6-10,17H,4-5H2,1-3H3. The minimum atomic E-state index is -0.541. The van der Waals surface area contributed by atoms with Gasteiger partial charge >= 0.3 is 5.82 Å². The summed E-state index contributed by atoms with van der Waals surface area (Å²) in [5.74, 6) is 0.0154. The molecule has 1 aromatic carbocycles. The van der Waals surface area contributed by atoms with Crippen LogP contribution in [0.1, 0.15) is 24.2 Å². The monoisotopic (exact) mass is 317 g/mol.